The van der Waals surface area contributed by atoms with Crippen LogP contribution in [0.5, 0.6) is 5.75 Å². The number of phenols is 1. The summed E-state index contributed by atoms with van der Waals surface area (Å²) in [5, 5.41) is 21.4. The van der Waals surface area contributed by atoms with Crippen molar-refractivity contribution in [3.63, 3.8) is 0 Å². The van der Waals surface area contributed by atoms with Crippen LogP contribution in [-0.2, 0) is 4.74 Å². The second-order valence-electron chi connectivity index (χ2n) is 5.51. The highest BCUT2D eigenvalue weighted by molar-refractivity contribution is 5.86. The predicted octanol–water partition coefficient (Wildman–Crippen LogP) is 1.77. The summed E-state index contributed by atoms with van der Waals surface area (Å²) in [6.07, 6.45) is -0.599. The number of phenolic OH excluding ortho intramolecular Hbond substituents is 1. The zero-order valence-electron chi connectivity index (χ0n) is 12.0. The van der Waals surface area contributed by atoms with Crippen LogP contribution in [0.2, 0.25) is 0 Å². The van der Waals surface area contributed by atoms with E-state index in [1.165, 1.54) is 12.1 Å². The molecule has 0 bridgehead atoms. The lowest BCUT2D eigenvalue weighted by atomic mass is 9.98. The van der Waals surface area contributed by atoms with Crippen LogP contribution in [0.15, 0.2) is 18.2 Å². The molecule has 0 heterocycles. The maximum atomic E-state index is 11.8. The van der Waals surface area contributed by atoms with Crippen molar-refractivity contribution >= 4 is 11.8 Å². The number of aliphatic hydroxyl groups excluding tert-OH is 1. The number of amides is 1. The number of aromatic hydroxyl groups is 1. The molecule has 20 heavy (non-hydrogen) atoms. The van der Waals surface area contributed by atoms with E-state index >= 15 is 0 Å². The molecule has 0 saturated heterocycles. The van der Waals surface area contributed by atoms with Crippen LogP contribution in [0, 0.1) is 0 Å². The van der Waals surface area contributed by atoms with Gasteiger partial charge in [0.1, 0.15) is 11.4 Å². The van der Waals surface area contributed by atoms with Crippen molar-refractivity contribution in [2.45, 2.75) is 32.3 Å². The van der Waals surface area contributed by atoms with E-state index in [9.17, 15) is 15.0 Å². The second kappa shape index (κ2) is 6.58. The Labute approximate surface area is 118 Å². The molecular formula is C14H22N2O4. The lowest BCUT2D eigenvalue weighted by molar-refractivity contribution is 0.0635. The number of benzene rings is 1. The van der Waals surface area contributed by atoms with Crippen LogP contribution in [0.4, 0.5) is 10.5 Å². The molecule has 0 aromatic heterocycles. The maximum absolute atomic E-state index is 11.8. The van der Waals surface area contributed by atoms with Crippen molar-refractivity contribution in [1.82, 2.24) is 0 Å². The fourth-order valence-corrected chi connectivity index (χ4v) is 1.72. The Hall–Kier alpha value is -1.79. The van der Waals surface area contributed by atoms with Crippen molar-refractivity contribution in [3.8, 4) is 5.75 Å². The summed E-state index contributed by atoms with van der Waals surface area (Å²) in [7, 11) is 0. The van der Waals surface area contributed by atoms with Gasteiger partial charge >= 0.3 is 6.09 Å². The number of ether oxygens (including phenoxy) is 1. The maximum Gasteiger partial charge on any atom is 0.412 e. The Kier molecular flexibility index (Phi) is 5.35. The Balaban J connectivity index is 2.97. The lowest BCUT2D eigenvalue weighted by Crippen LogP contribution is -2.28. The SMILES string of the molecule is CC(C)(C)OC(=O)Nc1ccc(O)cc1C(CN)CO. The number of nitrogens with one attached hydrogen (secondary N) is 1. The third-order valence-corrected chi connectivity index (χ3v) is 2.62. The fraction of sp³-hybridized carbons (Fsp3) is 0.500. The average molecular weight is 282 g/mol. The highest BCUT2D eigenvalue weighted by atomic mass is 16.6. The number of carbonyl (C=O) groups excluding carboxylic acids is 1. The van der Waals surface area contributed by atoms with E-state index < -0.39 is 11.7 Å². The van der Waals surface area contributed by atoms with Gasteiger partial charge in [-0.05, 0) is 44.5 Å². The monoisotopic (exact) mass is 282 g/mol. The number of hydrogen-bond acceptors (Lipinski definition) is 5. The minimum Gasteiger partial charge on any atom is -0.508 e. The van der Waals surface area contributed by atoms with E-state index in [0.717, 1.165) is 0 Å². The molecule has 112 valence electrons. The van der Waals surface area contributed by atoms with Crippen LogP contribution < -0.4 is 11.1 Å². The summed E-state index contributed by atoms with van der Waals surface area (Å²) in [4.78, 5) is 11.8. The van der Waals surface area contributed by atoms with Gasteiger partial charge in [0.15, 0.2) is 0 Å². The first kappa shape index (κ1) is 16.3. The van der Waals surface area contributed by atoms with Crippen LogP contribution in [0.25, 0.3) is 0 Å². The van der Waals surface area contributed by atoms with E-state index in [1.807, 2.05) is 0 Å². The van der Waals surface area contributed by atoms with Gasteiger partial charge in [0.05, 0.1) is 6.61 Å². The van der Waals surface area contributed by atoms with Gasteiger partial charge in [-0.3, -0.25) is 5.32 Å². The number of hydrogen-bond donors (Lipinski definition) is 4. The summed E-state index contributed by atoms with van der Waals surface area (Å²) in [6.45, 7) is 5.31. The third-order valence-electron chi connectivity index (χ3n) is 2.62. The number of carbonyl (C=O) groups is 1. The first-order chi connectivity index (χ1) is 9.26. The van der Waals surface area contributed by atoms with Gasteiger partial charge in [-0.15, -0.1) is 0 Å². The average Bonchev–Trinajstić information content (AvgIpc) is 2.31. The van der Waals surface area contributed by atoms with E-state index in [0.29, 0.717) is 11.3 Å². The van der Waals surface area contributed by atoms with Crippen LogP contribution in [-0.4, -0.2) is 35.1 Å². The summed E-state index contributed by atoms with van der Waals surface area (Å²) in [5.74, 6) is -0.325. The molecular weight excluding hydrogens is 260 g/mol. The Morgan fingerprint density at radius 1 is 1.45 bits per heavy atom. The Bertz CT molecular complexity index is 465. The molecule has 6 nitrogen and oxygen atoms in total. The summed E-state index contributed by atoms with van der Waals surface area (Å²) >= 11 is 0. The molecule has 5 N–H and O–H groups in total. The van der Waals surface area contributed by atoms with Crippen molar-refractivity contribution in [2.75, 3.05) is 18.5 Å². The zero-order valence-corrected chi connectivity index (χ0v) is 12.0. The molecule has 1 atom stereocenters. The van der Waals surface area contributed by atoms with Gasteiger partial charge in [-0.2, -0.15) is 0 Å². The van der Waals surface area contributed by atoms with Gasteiger partial charge in [-0.1, -0.05) is 0 Å². The van der Waals surface area contributed by atoms with E-state index in [4.69, 9.17) is 10.5 Å². The van der Waals surface area contributed by atoms with Gasteiger partial charge in [0.2, 0.25) is 0 Å². The van der Waals surface area contributed by atoms with Crippen molar-refractivity contribution in [1.29, 1.82) is 0 Å². The molecule has 0 aliphatic rings. The van der Waals surface area contributed by atoms with Gasteiger partial charge < -0.3 is 20.7 Å². The highest BCUT2D eigenvalue weighted by Gasteiger charge is 2.19. The number of nitrogens with two attached hydrogens (primary N) is 1. The standard InChI is InChI=1S/C14H22N2O4/c1-14(2,3)20-13(19)16-12-5-4-10(18)6-11(12)9(7-15)8-17/h4-6,9,17-18H,7-8,15H2,1-3H3,(H,16,19). The summed E-state index contributed by atoms with van der Waals surface area (Å²) < 4.78 is 5.17. The molecule has 1 aromatic rings. The second-order valence-corrected chi connectivity index (χ2v) is 5.51. The van der Waals surface area contributed by atoms with E-state index in [-0.39, 0.29) is 24.8 Å². The van der Waals surface area contributed by atoms with Crippen molar-refractivity contribution in [3.05, 3.63) is 23.8 Å². The Morgan fingerprint density at radius 3 is 2.60 bits per heavy atom. The first-order valence-corrected chi connectivity index (χ1v) is 6.40. The molecule has 1 unspecified atom stereocenters. The fourth-order valence-electron chi connectivity index (χ4n) is 1.72. The van der Waals surface area contributed by atoms with E-state index in [2.05, 4.69) is 5.32 Å². The summed E-state index contributed by atoms with van der Waals surface area (Å²) in [5.41, 5.74) is 6.01. The van der Waals surface area contributed by atoms with Crippen molar-refractivity contribution < 1.29 is 19.7 Å². The quantitative estimate of drug-likeness (QED) is 0.630. The molecule has 0 aliphatic heterocycles. The minimum atomic E-state index is -0.606. The first-order valence-electron chi connectivity index (χ1n) is 6.40. The van der Waals surface area contributed by atoms with Gasteiger partial charge in [0.25, 0.3) is 0 Å². The van der Waals surface area contributed by atoms with Gasteiger partial charge in [-0.25, -0.2) is 4.79 Å². The van der Waals surface area contributed by atoms with E-state index in [1.54, 1.807) is 26.8 Å². The summed E-state index contributed by atoms with van der Waals surface area (Å²) in [6, 6.07) is 4.47. The molecule has 0 radical (unpaired) electrons. The molecule has 0 spiro atoms. The minimum absolute atomic E-state index is 0.0432. The highest BCUT2D eigenvalue weighted by Crippen LogP contribution is 2.28. The van der Waals surface area contributed by atoms with Crippen molar-refractivity contribution in [2.24, 2.45) is 5.73 Å². The zero-order chi connectivity index (χ0) is 15.3. The molecule has 6 heteroatoms. The molecule has 1 aromatic carbocycles. The largest absolute Gasteiger partial charge is 0.508 e. The molecule has 0 saturated carbocycles. The number of anilines is 1. The van der Waals surface area contributed by atoms with Crippen LogP contribution >= 0.6 is 0 Å². The van der Waals surface area contributed by atoms with Gasteiger partial charge in [0, 0.05) is 18.2 Å². The lowest BCUT2D eigenvalue weighted by Gasteiger charge is -2.22. The molecule has 0 fully saturated rings. The molecule has 1 rings (SSSR count). The number of aliphatic hydroxyl groups is 1. The topological polar surface area (TPSA) is 105 Å². The Morgan fingerprint density at radius 2 is 2.10 bits per heavy atom. The smallest absolute Gasteiger partial charge is 0.412 e. The van der Waals surface area contributed by atoms with Crippen LogP contribution in [0.3, 0.4) is 0 Å². The number of rotatable bonds is 4. The molecule has 1 amide bonds. The predicted molar refractivity (Wildman–Crippen MR) is 76.8 cm³/mol. The van der Waals surface area contributed by atoms with Crippen LogP contribution in [0.1, 0.15) is 32.3 Å². The third kappa shape index (κ3) is 4.71. The normalized spacial score (nSPS) is 12.8. The molecule has 0 aliphatic carbocycles.